The molecule has 7 nitrogen and oxygen atoms in total. The Hall–Kier alpha value is -2.37. The number of alkyl halides is 3. The number of benzene rings is 1. The average Bonchev–Trinajstić information content (AvgIpc) is 3.25. The monoisotopic (exact) mass is 535 g/mol. The summed E-state index contributed by atoms with van der Waals surface area (Å²) in [5.41, 5.74) is 1.32. The number of hydrogen-bond acceptors (Lipinski definition) is 6. The Morgan fingerprint density at radius 3 is 2.43 bits per heavy atom. The van der Waals surface area contributed by atoms with Crippen LogP contribution < -0.4 is 10.1 Å². The van der Waals surface area contributed by atoms with E-state index >= 15 is 0 Å². The lowest BCUT2D eigenvalue weighted by Gasteiger charge is -2.26. The largest absolute Gasteiger partial charge is 0.496 e. The highest BCUT2D eigenvalue weighted by atomic mass is 35.5. The van der Waals surface area contributed by atoms with E-state index in [-0.39, 0.29) is 11.8 Å². The van der Waals surface area contributed by atoms with Crippen LogP contribution in [0.15, 0.2) is 18.2 Å². The molecule has 12 heteroatoms. The summed E-state index contributed by atoms with van der Waals surface area (Å²) in [4.78, 5) is 29.8. The number of hydrogen-bond donors (Lipinski definition) is 2. The Balaban J connectivity index is 0.000000540. The number of methoxy groups -OCH3 is 1. The molecule has 1 fully saturated rings. The van der Waals surface area contributed by atoms with Gasteiger partial charge in [-0.15, -0.1) is 11.3 Å². The van der Waals surface area contributed by atoms with Gasteiger partial charge < -0.3 is 20.1 Å². The summed E-state index contributed by atoms with van der Waals surface area (Å²) in [7, 11) is 1.62. The van der Waals surface area contributed by atoms with E-state index < -0.39 is 12.1 Å². The van der Waals surface area contributed by atoms with Gasteiger partial charge in [-0.25, -0.2) is 9.78 Å². The Morgan fingerprint density at radius 2 is 1.89 bits per heavy atom. The van der Waals surface area contributed by atoms with Crippen LogP contribution in [0.4, 0.5) is 13.2 Å². The Kier molecular flexibility index (Phi) is 10.8. The van der Waals surface area contributed by atoms with Crippen LogP contribution in [0.1, 0.15) is 54.4 Å². The predicted octanol–water partition coefficient (Wildman–Crippen LogP) is 5.44. The number of thiazole rings is 1. The second-order valence-electron chi connectivity index (χ2n) is 8.19. The van der Waals surface area contributed by atoms with Crippen molar-refractivity contribution in [2.75, 3.05) is 33.3 Å². The van der Waals surface area contributed by atoms with Crippen LogP contribution in [0.25, 0.3) is 10.6 Å². The molecule has 1 aliphatic heterocycles. The summed E-state index contributed by atoms with van der Waals surface area (Å²) in [6.45, 7) is 7.95. The van der Waals surface area contributed by atoms with Crippen LogP contribution in [0.2, 0.25) is 5.02 Å². The summed E-state index contributed by atoms with van der Waals surface area (Å²) in [6, 6.07) is 5.45. The molecule has 0 spiro atoms. The Labute approximate surface area is 211 Å². The smallest absolute Gasteiger partial charge is 0.490 e. The van der Waals surface area contributed by atoms with E-state index in [0.29, 0.717) is 23.0 Å². The lowest BCUT2D eigenvalue weighted by Crippen LogP contribution is -2.37. The molecule has 1 saturated heterocycles. The molecule has 0 radical (unpaired) electrons. The number of carboxylic acid groups (broad SMARTS) is 1. The van der Waals surface area contributed by atoms with Gasteiger partial charge in [-0.1, -0.05) is 31.9 Å². The van der Waals surface area contributed by atoms with Crippen LogP contribution in [0, 0.1) is 0 Å². The van der Waals surface area contributed by atoms with E-state index in [4.69, 9.17) is 26.2 Å². The fourth-order valence-electron chi connectivity index (χ4n) is 3.44. The number of rotatable bonds is 7. The molecule has 0 saturated carbocycles. The van der Waals surface area contributed by atoms with E-state index in [2.05, 4.69) is 29.0 Å². The molecular weight excluding hydrogens is 507 g/mol. The van der Waals surface area contributed by atoms with Crippen LogP contribution in [-0.2, 0) is 4.79 Å². The summed E-state index contributed by atoms with van der Waals surface area (Å²) in [6.07, 6.45) is -1.26. The van der Waals surface area contributed by atoms with Gasteiger partial charge >= 0.3 is 12.1 Å². The molecule has 1 aromatic heterocycles. The lowest BCUT2D eigenvalue weighted by atomic mass is 10.1. The first-order valence-electron chi connectivity index (χ1n) is 11.1. The highest BCUT2D eigenvalue weighted by Gasteiger charge is 2.38. The van der Waals surface area contributed by atoms with Gasteiger partial charge in [0.25, 0.3) is 5.91 Å². The molecule has 1 aromatic carbocycles. The van der Waals surface area contributed by atoms with E-state index in [0.717, 1.165) is 35.1 Å². The maximum atomic E-state index is 12.8. The minimum atomic E-state index is -5.08. The topological polar surface area (TPSA) is 91.8 Å². The molecule has 1 aliphatic rings. The number of nitrogens with zero attached hydrogens (tertiary/aromatic N) is 2. The number of amides is 1. The Bertz CT molecular complexity index is 1010. The minimum absolute atomic E-state index is 0.107. The molecule has 3 rings (SSSR count). The van der Waals surface area contributed by atoms with Crippen molar-refractivity contribution in [2.45, 2.75) is 45.2 Å². The third kappa shape index (κ3) is 8.66. The van der Waals surface area contributed by atoms with Gasteiger partial charge in [0.1, 0.15) is 16.5 Å². The number of likely N-dealkylation sites (tertiary alicyclic amines) is 1. The third-order valence-electron chi connectivity index (χ3n) is 5.19. The standard InChI is InChI=1S/C21H28ClN3O2S.C2HF3O2/c1-14(2)19-18(20(26)23-9-12-25-10-5-4-6-11-25)24-21(28-19)16-13-15(22)7-8-17(16)27-3;3-2(4,5)1(6)7/h7-8,13-14H,4-6,9-12H2,1-3H3,(H,23,26);(H,6,7). The summed E-state index contributed by atoms with van der Waals surface area (Å²) >= 11 is 7.70. The lowest BCUT2D eigenvalue weighted by molar-refractivity contribution is -0.192. The minimum Gasteiger partial charge on any atom is -0.496 e. The molecule has 35 heavy (non-hydrogen) atoms. The van der Waals surface area contributed by atoms with Gasteiger partial charge in [0, 0.05) is 23.0 Å². The number of halogens is 4. The maximum absolute atomic E-state index is 12.8. The molecular formula is C23H29ClF3N3O4S. The third-order valence-corrected chi connectivity index (χ3v) is 6.81. The first-order chi connectivity index (χ1) is 16.4. The van der Waals surface area contributed by atoms with Crippen molar-refractivity contribution in [1.82, 2.24) is 15.2 Å². The fraction of sp³-hybridized carbons (Fsp3) is 0.522. The van der Waals surface area contributed by atoms with Gasteiger partial charge in [0.2, 0.25) is 0 Å². The van der Waals surface area contributed by atoms with Crippen molar-refractivity contribution in [3.63, 3.8) is 0 Å². The van der Waals surface area contributed by atoms with Crippen LogP contribution in [-0.4, -0.2) is 66.3 Å². The molecule has 2 heterocycles. The first-order valence-corrected chi connectivity index (χ1v) is 12.3. The number of carbonyl (C=O) groups excluding carboxylic acids is 1. The van der Waals surface area contributed by atoms with Crippen molar-refractivity contribution in [2.24, 2.45) is 0 Å². The van der Waals surface area contributed by atoms with Gasteiger partial charge in [-0.3, -0.25) is 4.79 Å². The molecule has 0 aliphatic carbocycles. The second-order valence-corrected chi connectivity index (χ2v) is 9.66. The second kappa shape index (κ2) is 13.1. The molecule has 2 N–H and O–H groups in total. The number of aromatic nitrogens is 1. The summed E-state index contributed by atoms with van der Waals surface area (Å²) in [5.74, 6) is -1.96. The number of carbonyl (C=O) groups is 2. The van der Waals surface area contributed by atoms with E-state index in [1.54, 1.807) is 13.2 Å². The zero-order valence-electron chi connectivity index (χ0n) is 19.7. The molecule has 0 atom stereocenters. The van der Waals surface area contributed by atoms with Crippen molar-refractivity contribution >= 4 is 34.8 Å². The van der Waals surface area contributed by atoms with Crippen LogP contribution in [0.3, 0.4) is 0 Å². The number of nitrogens with one attached hydrogen (secondary N) is 1. The quantitative estimate of drug-likeness (QED) is 0.490. The van der Waals surface area contributed by atoms with Crippen LogP contribution in [0.5, 0.6) is 5.75 Å². The van der Waals surface area contributed by atoms with E-state index in [9.17, 15) is 18.0 Å². The van der Waals surface area contributed by atoms with Crippen molar-refractivity contribution in [3.8, 4) is 16.3 Å². The molecule has 1 amide bonds. The van der Waals surface area contributed by atoms with Gasteiger partial charge in [-0.2, -0.15) is 13.2 Å². The SMILES string of the molecule is COc1ccc(Cl)cc1-c1nc(C(=O)NCCN2CCCCC2)c(C(C)C)s1.O=C(O)C(F)(F)F. The van der Waals surface area contributed by atoms with Gasteiger partial charge in [0.15, 0.2) is 0 Å². The average molecular weight is 536 g/mol. The summed E-state index contributed by atoms with van der Waals surface area (Å²) in [5, 5.41) is 11.5. The molecule has 194 valence electrons. The predicted molar refractivity (Wildman–Crippen MR) is 130 cm³/mol. The summed E-state index contributed by atoms with van der Waals surface area (Å²) < 4.78 is 37.2. The highest BCUT2D eigenvalue weighted by Crippen LogP contribution is 2.38. The number of piperidine rings is 1. The molecule has 2 aromatic rings. The zero-order valence-corrected chi connectivity index (χ0v) is 21.3. The highest BCUT2D eigenvalue weighted by molar-refractivity contribution is 7.15. The molecule has 0 bridgehead atoms. The number of aliphatic carboxylic acids is 1. The molecule has 0 unspecified atom stereocenters. The van der Waals surface area contributed by atoms with E-state index in [1.165, 1.54) is 30.6 Å². The van der Waals surface area contributed by atoms with Crippen molar-refractivity contribution in [3.05, 3.63) is 33.8 Å². The normalized spacial score (nSPS) is 14.3. The number of ether oxygens (including phenoxy) is 1. The van der Waals surface area contributed by atoms with Crippen LogP contribution >= 0.6 is 22.9 Å². The van der Waals surface area contributed by atoms with Gasteiger partial charge in [0.05, 0.1) is 12.7 Å². The van der Waals surface area contributed by atoms with E-state index in [1.807, 2.05) is 12.1 Å². The Morgan fingerprint density at radius 1 is 1.26 bits per heavy atom. The van der Waals surface area contributed by atoms with Gasteiger partial charge in [-0.05, 0) is 50.0 Å². The fourth-order valence-corrected chi connectivity index (χ4v) is 4.70. The maximum Gasteiger partial charge on any atom is 0.490 e. The zero-order chi connectivity index (χ0) is 26.2. The van der Waals surface area contributed by atoms with Crippen molar-refractivity contribution in [1.29, 1.82) is 0 Å². The van der Waals surface area contributed by atoms with Crippen molar-refractivity contribution < 1.29 is 32.6 Å². The number of carboxylic acids is 1. The first kappa shape index (κ1) is 28.9.